The number of fused-ring (bicyclic) bond motifs is 1. The van der Waals surface area contributed by atoms with Gasteiger partial charge in [0.2, 0.25) is 0 Å². The molecular weight excluding hydrogens is 399 g/mol. The minimum atomic E-state index is -1.75. The number of pyridine rings is 1. The molecule has 1 aliphatic heterocycles. The van der Waals surface area contributed by atoms with Crippen LogP contribution in [0.5, 0.6) is 0 Å². The van der Waals surface area contributed by atoms with E-state index in [9.17, 15) is 24.2 Å². The molecule has 1 saturated heterocycles. The van der Waals surface area contributed by atoms with Gasteiger partial charge in [0.05, 0.1) is 35.1 Å². The van der Waals surface area contributed by atoms with Gasteiger partial charge in [-0.2, -0.15) is 0 Å². The van der Waals surface area contributed by atoms with Gasteiger partial charge in [0.1, 0.15) is 11.5 Å². The second kappa shape index (κ2) is 9.29. The van der Waals surface area contributed by atoms with E-state index in [0.717, 1.165) is 16.8 Å². The van der Waals surface area contributed by atoms with Crippen molar-refractivity contribution < 1.29 is 75.2 Å². The summed E-state index contributed by atoms with van der Waals surface area (Å²) in [7, 11) is 1.91. The van der Waals surface area contributed by atoms with Crippen molar-refractivity contribution in [3.63, 3.8) is 0 Å². The standard InChI is InChI=1S/C18H21F2N3O4.K/c1-10(9-24)23-8-12(18(26)27)17(25)11-7-13(19)16(14(20)15(11)23)22-5-3-21(2)4-6-22;/h7-8,10,24H,3-6,9H2,1-2H3,(H,26,27);/q;+1/p-1/t10-;/m0./s1. The van der Waals surface area contributed by atoms with Crippen LogP contribution in [0.25, 0.3) is 10.9 Å². The summed E-state index contributed by atoms with van der Waals surface area (Å²) in [6.45, 7) is 3.17. The number of carboxylic acid groups (broad SMARTS) is 1. The predicted molar refractivity (Wildman–Crippen MR) is 94.0 cm³/mol. The van der Waals surface area contributed by atoms with Crippen LogP contribution in [-0.4, -0.2) is 60.4 Å². The molecule has 0 aliphatic carbocycles. The average molecular weight is 419 g/mol. The number of aliphatic hydroxyl groups is 1. The van der Waals surface area contributed by atoms with E-state index in [2.05, 4.69) is 0 Å². The Balaban J connectivity index is 0.00000280. The fourth-order valence-corrected chi connectivity index (χ4v) is 3.33. The van der Waals surface area contributed by atoms with E-state index >= 15 is 4.39 Å². The van der Waals surface area contributed by atoms with Gasteiger partial charge in [-0.3, -0.25) is 4.79 Å². The van der Waals surface area contributed by atoms with E-state index < -0.39 is 46.6 Å². The zero-order chi connectivity index (χ0) is 19.9. The van der Waals surface area contributed by atoms with Gasteiger partial charge in [-0.15, -0.1) is 0 Å². The maximum absolute atomic E-state index is 15.4. The molecule has 1 atom stereocenters. The number of anilines is 1. The Morgan fingerprint density at radius 1 is 1.29 bits per heavy atom. The Labute approximate surface area is 203 Å². The Kier molecular flexibility index (Phi) is 7.76. The third kappa shape index (κ3) is 4.18. The molecule has 0 radical (unpaired) electrons. The van der Waals surface area contributed by atoms with Crippen molar-refractivity contribution in [2.45, 2.75) is 13.0 Å². The molecule has 1 aliphatic rings. The molecule has 0 amide bonds. The number of hydrogen-bond acceptors (Lipinski definition) is 6. The van der Waals surface area contributed by atoms with E-state index in [1.54, 1.807) is 4.90 Å². The van der Waals surface area contributed by atoms with Crippen molar-refractivity contribution >= 4 is 22.6 Å². The Morgan fingerprint density at radius 3 is 2.43 bits per heavy atom. The molecule has 1 fully saturated rings. The molecule has 146 valence electrons. The Morgan fingerprint density at radius 2 is 1.89 bits per heavy atom. The average Bonchev–Trinajstić information content (AvgIpc) is 2.63. The number of aromatic carboxylic acids is 1. The molecule has 1 N–H and O–H groups in total. The number of benzene rings is 1. The number of carbonyl (C=O) groups excluding carboxylic acids is 1. The quantitative estimate of drug-likeness (QED) is 0.530. The normalized spacial score (nSPS) is 16.1. The van der Waals surface area contributed by atoms with Crippen LogP contribution < -0.4 is 66.8 Å². The van der Waals surface area contributed by atoms with Crippen LogP contribution in [0, 0.1) is 11.6 Å². The number of carboxylic acids is 1. The van der Waals surface area contributed by atoms with Crippen molar-refractivity contribution in [3.05, 3.63) is 39.7 Å². The molecule has 10 heteroatoms. The molecule has 2 aromatic rings. The number of piperazine rings is 1. The largest absolute Gasteiger partial charge is 1.00 e. The molecule has 1 aromatic carbocycles. The van der Waals surface area contributed by atoms with Crippen molar-refractivity contribution in [2.24, 2.45) is 0 Å². The number of aromatic nitrogens is 1. The van der Waals surface area contributed by atoms with Gasteiger partial charge in [-0.1, -0.05) is 0 Å². The van der Waals surface area contributed by atoms with E-state index in [0.29, 0.717) is 26.2 Å². The monoisotopic (exact) mass is 419 g/mol. The van der Waals surface area contributed by atoms with Crippen molar-refractivity contribution in [1.82, 2.24) is 9.47 Å². The zero-order valence-corrected chi connectivity index (χ0v) is 19.2. The Hall–Kier alpha value is -0.884. The summed E-state index contributed by atoms with van der Waals surface area (Å²) in [5.74, 6) is -3.62. The van der Waals surface area contributed by atoms with Gasteiger partial charge in [-0.05, 0) is 20.0 Å². The predicted octanol–water partition coefficient (Wildman–Crippen LogP) is -3.05. The summed E-state index contributed by atoms with van der Waals surface area (Å²) in [4.78, 5) is 27.3. The third-order valence-electron chi connectivity index (χ3n) is 4.96. The van der Waals surface area contributed by atoms with Crippen molar-refractivity contribution in [2.75, 3.05) is 44.7 Å². The first-order valence-electron chi connectivity index (χ1n) is 8.58. The maximum Gasteiger partial charge on any atom is 1.00 e. The molecule has 2 heterocycles. The molecule has 3 rings (SSSR count). The van der Waals surface area contributed by atoms with E-state index in [-0.39, 0.29) is 62.6 Å². The smallest absolute Gasteiger partial charge is 0.545 e. The summed E-state index contributed by atoms with van der Waals surface area (Å²) in [6, 6.07) is 0.132. The van der Waals surface area contributed by atoms with E-state index in [1.807, 2.05) is 11.9 Å². The van der Waals surface area contributed by atoms with Gasteiger partial charge in [0, 0.05) is 32.4 Å². The number of likely N-dealkylation sites (N-methyl/N-ethyl adjacent to an activating group) is 1. The zero-order valence-electron chi connectivity index (χ0n) is 16.0. The van der Waals surface area contributed by atoms with Crippen LogP contribution in [0.4, 0.5) is 14.5 Å². The number of nitrogens with zero attached hydrogens (tertiary/aromatic N) is 3. The van der Waals surface area contributed by atoms with Gasteiger partial charge >= 0.3 is 51.4 Å². The van der Waals surface area contributed by atoms with Crippen molar-refractivity contribution in [1.29, 1.82) is 0 Å². The van der Waals surface area contributed by atoms with Crippen LogP contribution in [0.1, 0.15) is 23.3 Å². The summed E-state index contributed by atoms with van der Waals surface area (Å²) < 4.78 is 31.3. The molecule has 1 aromatic heterocycles. The second-order valence-corrected chi connectivity index (χ2v) is 6.81. The van der Waals surface area contributed by atoms with Gasteiger partial charge in [-0.25, -0.2) is 8.78 Å². The Bertz CT molecular complexity index is 958. The molecule has 7 nitrogen and oxygen atoms in total. The fourth-order valence-electron chi connectivity index (χ4n) is 3.33. The van der Waals surface area contributed by atoms with E-state index in [1.165, 1.54) is 6.92 Å². The minimum absolute atomic E-state index is 0. The number of rotatable bonds is 4. The summed E-state index contributed by atoms with van der Waals surface area (Å²) in [6.07, 6.45) is 0.940. The first-order chi connectivity index (χ1) is 12.8. The fraction of sp³-hybridized carbons (Fsp3) is 0.444. The van der Waals surface area contributed by atoms with Gasteiger partial charge in [0.25, 0.3) is 0 Å². The van der Waals surface area contributed by atoms with Crippen molar-refractivity contribution in [3.8, 4) is 0 Å². The topological polar surface area (TPSA) is 88.8 Å². The van der Waals surface area contributed by atoms with Crippen LogP contribution in [0.3, 0.4) is 0 Å². The molecule has 0 bridgehead atoms. The minimum Gasteiger partial charge on any atom is -0.545 e. The summed E-state index contributed by atoms with van der Waals surface area (Å²) in [5.41, 5.74) is -2.22. The van der Waals surface area contributed by atoms with Gasteiger partial charge in [0.15, 0.2) is 11.2 Å². The molecule has 0 unspecified atom stereocenters. The van der Waals surface area contributed by atoms with Gasteiger partial charge < -0.3 is 29.4 Å². The molecular formula is C18H20F2KN3O4. The number of carbonyl (C=O) groups is 1. The first kappa shape index (κ1) is 23.4. The van der Waals surface area contributed by atoms with Crippen LogP contribution in [-0.2, 0) is 0 Å². The maximum atomic E-state index is 15.4. The van der Waals surface area contributed by atoms with E-state index in [4.69, 9.17) is 0 Å². The van der Waals surface area contributed by atoms with Crippen LogP contribution in [0.2, 0.25) is 0 Å². The molecule has 0 saturated carbocycles. The second-order valence-electron chi connectivity index (χ2n) is 6.81. The van der Waals surface area contributed by atoms with Crippen LogP contribution in [0.15, 0.2) is 17.1 Å². The third-order valence-corrected chi connectivity index (χ3v) is 4.96. The number of halogens is 2. The van der Waals surface area contributed by atoms with Crippen LogP contribution >= 0.6 is 0 Å². The summed E-state index contributed by atoms with van der Waals surface area (Å²) in [5, 5.41) is 20.3. The SMILES string of the molecule is C[C@@H](CO)n1cc(C(=O)[O-])c(=O)c2cc(F)c(N3CCN(C)CC3)c(F)c21.[K+]. The molecule has 0 spiro atoms. The summed E-state index contributed by atoms with van der Waals surface area (Å²) >= 11 is 0. The number of aliphatic hydroxyl groups excluding tert-OH is 1. The number of hydrogen-bond donors (Lipinski definition) is 1. The first-order valence-corrected chi connectivity index (χ1v) is 8.58. The molecule has 28 heavy (non-hydrogen) atoms.